The molecule has 0 aliphatic heterocycles. The Kier molecular flexibility index (Phi) is 6.28. The number of nitrogens with zero attached hydrogens (tertiary/aromatic N) is 1. The Hall–Kier alpha value is -1.91. The summed E-state index contributed by atoms with van der Waals surface area (Å²) in [5.74, 6) is 0.104. The second kappa shape index (κ2) is 8.65. The summed E-state index contributed by atoms with van der Waals surface area (Å²) in [4.78, 5) is 14.1. The van der Waals surface area contributed by atoms with E-state index in [1.807, 2.05) is 30.3 Å². The average molecular weight is 353 g/mol. The second-order valence-electron chi connectivity index (χ2n) is 7.66. The van der Waals surface area contributed by atoms with Gasteiger partial charge in [-0.15, -0.1) is 0 Å². The zero-order chi connectivity index (χ0) is 18.5. The highest BCUT2D eigenvalue weighted by atomic mass is 16.3. The van der Waals surface area contributed by atoms with Crippen LogP contribution in [0.25, 0.3) is 10.8 Å². The zero-order valence-corrected chi connectivity index (χ0v) is 15.6. The number of likely N-dealkylation sites (N-methyl/N-ethyl adjacent to an activating group) is 1. The molecule has 2 aromatic rings. The predicted molar refractivity (Wildman–Crippen MR) is 103 cm³/mol. The van der Waals surface area contributed by atoms with E-state index < -0.39 is 18.1 Å². The van der Waals surface area contributed by atoms with Gasteiger partial charge >= 0.3 is 0 Å². The third-order valence-corrected chi connectivity index (χ3v) is 5.63. The van der Waals surface area contributed by atoms with Crippen LogP contribution >= 0.6 is 0 Å². The molecule has 0 saturated heterocycles. The zero-order valence-electron chi connectivity index (χ0n) is 15.6. The molecule has 0 bridgehead atoms. The fourth-order valence-corrected chi connectivity index (χ4v) is 4.10. The minimum atomic E-state index is -1.38. The first kappa shape index (κ1) is 18.9. The summed E-state index contributed by atoms with van der Waals surface area (Å²) in [6.45, 7) is 0.426. The normalized spacial score (nSPS) is 17.8. The third kappa shape index (κ3) is 4.43. The van der Waals surface area contributed by atoms with Crippen molar-refractivity contribution in [1.82, 2.24) is 4.90 Å². The number of fused-ring (bicyclic) bond motifs is 1. The van der Waals surface area contributed by atoms with E-state index in [-0.39, 0.29) is 0 Å². The van der Waals surface area contributed by atoms with Crippen molar-refractivity contribution in [3.63, 3.8) is 0 Å². The van der Waals surface area contributed by atoms with Crippen molar-refractivity contribution in [3.8, 4) is 0 Å². The average Bonchev–Trinajstić information content (AvgIpc) is 2.67. The Bertz CT molecular complexity index is 735. The van der Waals surface area contributed by atoms with Crippen LogP contribution in [0, 0.1) is 5.92 Å². The highest BCUT2D eigenvalue weighted by molar-refractivity contribution is 5.86. The molecule has 1 aliphatic carbocycles. The number of benzene rings is 2. The van der Waals surface area contributed by atoms with Gasteiger partial charge in [0.05, 0.1) is 0 Å². The number of nitrogens with two attached hydrogens (primary N) is 1. The van der Waals surface area contributed by atoms with Gasteiger partial charge in [0.25, 0.3) is 0 Å². The van der Waals surface area contributed by atoms with Crippen molar-refractivity contribution >= 4 is 16.7 Å². The largest absolute Gasteiger partial charge is 0.844 e. The van der Waals surface area contributed by atoms with Crippen LogP contribution in [0.5, 0.6) is 0 Å². The van der Waals surface area contributed by atoms with Gasteiger partial charge in [0.1, 0.15) is 0 Å². The third-order valence-electron chi connectivity index (χ3n) is 5.63. The van der Waals surface area contributed by atoms with Gasteiger partial charge in [-0.2, -0.15) is 0 Å². The number of hydrogen-bond donors (Lipinski definition) is 1. The van der Waals surface area contributed by atoms with Crippen molar-refractivity contribution in [2.75, 3.05) is 7.05 Å². The molecule has 26 heavy (non-hydrogen) atoms. The van der Waals surface area contributed by atoms with Crippen LogP contribution in [-0.4, -0.2) is 30.0 Å². The Morgan fingerprint density at radius 2 is 1.85 bits per heavy atom. The fourth-order valence-electron chi connectivity index (χ4n) is 4.10. The predicted octanol–water partition coefficient (Wildman–Crippen LogP) is 2.82. The second-order valence-corrected chi connectivity index (χ2v) is 7.66. The molecular formula is C22H29N2O2-. The summed E-state index contributed by atoms with van der Waals surface area (Å²) in [5, 5.41) is 14.8. The maximum Gasteiger partial charge on any atom is 0.210 e. The van der Waals surface area contributed by atoms with Crippen LogP contribution in [0.2, 0.25) is 0 Å². The lowest BCUT2D eigenvalue weighted by Gasteiger charge is -2.35. The minimum absolute atomic E-state index is 0.402. The Labute approximate surface area is 156 Å². The van der Waals surface area contributed by atoms with Gasteiger partial charge in [-0.3, -0.25) is 4.79 Å². The molecule has 4 nitrogen and oxygen atoms in total. The van der Waals surface area contributed by atoms with Gasteiger partial charge in [-0.05, 0) is 34.8 Å². The van der Waals surface area contributed by atoms with Gasteiger partial charge in [-0.25, -0.2) is 0 Å². The van der Waals surface area contributed by atoms with Crippen molar-refractivity contribution in [3.05, 3.63) is 48.0 Å². The smallest absolute Gasteiger partial charge is 0.210 e. The maximum atomic E-state index is 12.6. The lowest BCUT2D eigenvalue weighted by atomic mass is 9.84. The molecule has 4 heteroatoms. The fraction of sp³-hybridized carbons (Fsp3) is 0.500. The molecule has 1 amide bonds. The number of amides is 1. The number of carbonyl (C=O) groups is 1. The molecule has 0 spiro atoms. The van der Waals surface area contributed by atoms with Crippen molar-refractivity contribution in [2.24, 2.45) is 11.7 Å². The maximum absolute atomic E-state index is 12.6. The highest BCUT2D eigenvalue weighted by Crippen LogP contribution is 2.27. The number of carbonyl (C=O) groups excluding carboxylic acids is 1. The summed E-state index contributed by atoms with van der Waals surface area (Å²) >= 11 is 0. The summed E-state index contributed by atoms with van der Waals surface area (Å²) < 4.78 is 0. The Balaban J connectivity index is 1.62. The van der Waals surface area contributed by atoms with Crippen LogP contribution in [-0.2, 0) is 11.3 Å². The molecule has 1 fully saturated rings. The quantitative estimate of drug-likeness (QED) is 0.868. The summed E-state index contributed by atoms with van der Waals surface area (Å²) in [5.41, 5.74) is 7.16. The van der Waals surface area contributed by atoms with Crippen LogP contribution in [0.15, 0.2) is 42.5 Å². The van der Waals surface area contributed by atoms with Gasteiger partial charge in [0.15, 0.2) is 0 Å². The van der Waals surface area contributed by atoms with Gasteiger partial charge in [-0.1, -0.05) is 74.6 Å². The van der Waals surface area contributed by atoms with Crippen molar-refractivity contribution < 1.29 is 9.90 Å². The van der Waals surface area contributed by atoms with E-state index in [0.717, 1.165) is 29.2 Å². The monoisotopic (exact) mass is 353 g/mol. The van der Waals surface area contributed by atoms with E-state index >= 15 is 0 Å². The van der Waals surface area contributed by atoms with Crippen LogP contribution in [0.4, 0.5) is 0 Å². The molecule has 2 N–H and O–H groups in total. The molecule has 0 heterocycles. The van der Waals surface area contributed by atoms with Gasteiger partial charge < -0.3 is 15.7 Å². The lowest BCUT2D eigenvalue weighted by Crippen LogP contribution is -2.54. The van der Waals surface area contributed by atoms with E-state index in [0.29, 0.717) is 18.9 Å². The Morgan fingerprint density at radius 1 is 1.15 bits per heavy atom. The molecule has 1 saturated carbocycles. The molecule has 1 aliphatic rings. The first-order valence-corrected chi connectivity index (χ1v) is 9.69. The van der Waals surface area contributed by atoms with Gasteiger partial charge in [0, 0.05) is 19.6 Å². The summed E-state index contributed by atoms with van der Waals surface area (Å²) in [7, 11) is 1.70. The lowest BCUT2D eigenvalue weighted by molar-refractivity contribution is -0.410. The molecule has 0 aromatic heterocycles. The summed E-state index contributed by atoms with van der Waals surface area (Å²) in [6, 6.07) is 13.5. The highest BCUT2D eigenvalue weighted by Gasteiger charge is 2.23. The van der Waals surface area contributed by atoms with Crippen molar-refractivity contribution in [2.45, 2.75) is 57.2 Å². The topological polar surface area (TPSA) is 69.4 Å². The molecule has 2 atom stereocenters. The molecule has 2 aromatic carbocycles. The molecular weight excluding hydrogens is 324 g/mol. The van der Waals surface area contributed by atoms with Crippen molar-refractivity contribution in [1.29, 1.82) is 0 Å². The van der Waals surface area contributed by atoms with Crippen LogP contribution in [0.1, 0.15) is 44.1 Å². The molecule has 0 radical (unpaired) electrons. The minimum Gasteiger partial charge on any atom is -0.844 e. The van der Waals surface area contributed by atoms with E-state index in [4.69, 9.17) is 5.73 Å². The van der Waals surface area contributed by atoms with E-state index in [9.17, 15) is 9.90 Å². The van der Waals surface area contributed by atoms with E-state index in [1.165, 1.54) is 24.2 Å². The molecule has 3 rings (SSSR count). The van der Waals surface area contributed by atoms with Crippen LogP contribution < -0.4 is 10.8 Å². The SMILES string of the molecule is CN(Cc1cccc2ccccc12)C(=O)C([O-])[C@H](N)CC1CCCCC1. The van der Waals surface area contributed by atoms with Gasteiger partial charge in [0.2, 0.25) is 5.91 Å². The van der Waals surface area contributed by atoms with E-state index in [1.54, 1.807) is 7.05 Å². The summed E-state index contributed by atoms with van der Waals surface area (Å²) in [6.07, 6.45) is 5.28. The molecule has 140 valence electrons. The number of hydrogen-bond acceptors (Lipinski definition) is 3. The molecule has 1 unspecified atom stereocenters. The van der Waals surface area contributed by atoms with Crippen LogP contribution in [0.3, 0.4) is 0 Å². The Morgan fingerprint density at radius 3 is 2.62 bits per heavy atom. The van der Waals surface area contributed by atoms with E-state index in [2.05, 4.69) is 12.1 Å². The first-order valence-electron chi connectivity index (χ1n) is 9.69. The first-order chi connectivity index (χ1) is 12.6. The number of rotatable bonds is 6. The standard InChI is InChI=1S/C22H29N2O2/c1-24(15-18-12-7-11-17-10-5-6-13-19(17)18)22(26)21(25)20(23)14-16-8-3-2-4-9-16/h5-7,10-13,16,20-21H,2-4,8-9,14-15,23H2,1H3/q-1/t20-,21?/m1/s1.